The zero-order valence-electron chi connectivity index (χ0n) is 12.6. The summed E-state index contributed by atoms with van der Waals surface area (Å²) in [6, 6.07) is 7.38. The van der Waals surface area contributed by atoms with E-state index >= 15 is 0 Å². The third-order valence-electron chi connectivity index (χ3n) is 2.98. The average Bonchev–Trinajstić information content (AvgIpc) is 2.92. The van der Waals surface area contributed by atoms with E-state index in [1.807, 2.05) is 18.2 Å². The first-order valence-corrected chi connectivity index (χ1v) is 6.97. The van der Waals surface area contributed by atoms with Crippen LogP contribution < -0.4 is 5.32 Å². The number of carbonyl (C=O) groups is 1. The van der Waals surface area contributed by atoms with Crippen LogP contribution in [-0.4, -0.2) is 35.0 Å². The molecule has 2 aromatic rings. The van der Waals surface area contributed by atoms with Crippen LogP contribution in [0.15, 0.2) is 28.8 Å². The predicted molar refractivity (Wildman–Crippen MR) is 80.1 cm³/mol. The molecule has 0 aliphatic carbocycles. The van der Waals surface area contributed by atoms with Gasteiger partial charge in [0.1, 0.15) is 0 Å². The van der Waals surface area contributed by atoms with Gasteiger partial charge in [0.15, 0.2) is 5.82 Å². The van der Waals surface area contributed by atoms with Crippen molar-refractivity contribution in [3.63, 3.8) is 0 Å². The lowest BCUT2D eigenvalue weighted by atomic mass is 10.1. The van der Waals surface area contributed by atoms with Crippen LogP contribution in [0, 0.1) is 0 Å². The van der Waals surface area contributed by atoms with Gasteiger partial charge in [-0.15, -0.1) is 0 Å². The number of carbonyl (C=O) groups excluding carboxylic acids is 1. The van der Waals surface area contributed by atoms with Gasteiger partial charge < -0.3 is 14.7 Å². The Bertz CT molecular complexity index is 607. The third-order valence-corrected chi connectivity index (χ3v) is 2.98. The summed E-state index contributed by atoms with van der Waals surface area (Å²) < 4.78 is 5.17. The fourth-order valence-corrected chi connectivity index (χ4v) is 1.92. The highest BCUT2D eigenvalue weighted by Crippen LogP contribution is 2.17. The van der Waals surface area contributed by atoms with Crippen molar-refractivity contribution < 1.29 is 9.32 Å². The van der Waals surface area contributed by atoms with Gasteiger partial charge in [-0.3, -0.25) is 4.79 Å². The maximum atomic E-state index is 12.1. The zero-order valence-corrected chi connectivity index (χ0v) is 12.6. The molecule has 0 aliphatic rings. The van der Waals surface area contributed by atoms with Crippen molar-refractivity contribution in [3.05, 3.63) is 41.5 Å². The molecule has 0 bridgehead atoms. The Kier molecular flexibility index (Phi) is 4.92. The molecule has 112 valence electrons. The van der Waals surface area contributed by atoms with E-state index in [0.29, 0.717) is 23.8 Å². The fraction of sp³-hybridized carbons (Fsp3) is 0.400. The van der Waals surface area contributed by atoms with Crippen molar-refractivity contribution in [2.24, 2.45) is 0 Å². The Morgan fingerprint density at radius 2 is 2.10 bits per heavy atom. The van der Waals surface area contributed by atoms with Gasteiger partial charge in [-0.05, 0) is 18.6 Å². The van der Waals surface area contributed by atoms with Crippen LogP contribution in [0.1, 0.15) is 35.4 Å². The summed E-state index contributed by atoms with van der Waals surface area (Å²) >= 11 is 0. The molecular formula is C15H20N4O2. The molecule has 0 aliphatic heterocycles. The van der Waals surface area contributed by atoms with E-state index in [2.05, 4.69) is 22.4 Å². The predicted octanol–water partition coefficient (Wildman–Crippen LogP) is 2.34. The van der Waals surface area contributed by atoms with E-state index in [4.69, 9.17) is 4.52 Å². The number of hydrogen-bond acceptors (Lipinski definition) is 5. The summed E-state index contributed by atoms with van der Waals surface area (Å²) in [6.45, 7) is 2.46. The minimum atomic E-state index is -0.0460. The number of anilines is 1. The molecular weight excluding hydrogens is 268 g/mol. The molecule has 1 aromatic carbocycles. The number of benzene rings is 1. The van der Waals surface area contributed by atoms with E-state index in [0.717, 1.165) is 18.5 Å². The topological polar surface area (TPSA) is 71.3 Å². The molecule has 6 nitrogen and oxygen atoms in total. The Morgan fingerprint density at radius 1 is 1.33 bits per heavy atom. The molecule has 0 radical (unpaired) electrons. The van der Waals surface area contributed by atoms with E-state index in [-0.39, 0.29) is 5.91 Å². The second-order valence-electron chi connectivity index (χ2n) is 4.95. The summed E-state index contributed by atoms with van der Waals surface area (Å²) in [5.74, 6) is 1.19. The number of hydrogen-bond donors (Lipinski definition) is 1. The average molecular weight is 288 g/mol. The minimum Gasteiger partial charge on any atom is -0.375 e. The number of aryl methyl sites for hydroxylation is 1. The monoisotopic (exact) mass is 288 g/mol. The van der Waals surface area contributed by atoms with Gasteiger partial charge in [-0.2, -0.15) is 4.98 Å². The second-order valence-corrected chi connectivity index (χ2v) is 4.95. The highest BCUT2D eigenvalue weighted by Gasteiger charge is 2.13. The Morgan fingerprint density at radius 3 is 2.81 bits per heavy atom. The summed E-state index contributed by atoms with van der Waals surface area (Å²) in [7, 11) is 3.46. The quantitative estimate of drug-likeness (QED) is 0.883. The Hall–Kier alpha value is -2.37. The largest absolute Gasteiger partial charge is 0.375 e. The number of nitrogens with zero attached hydrogens (tertiary/aromatic N) is 3. The van der Waals surface area contributed by atoms with Gasteiger partial charge in [-0.25, -0.2) is 0 Å². The van der Waals surface area contributed by atoms with Gasteiger partial charge in [0.2, 0.25) is 5.89 Å². The summed E-state index contributed by atoms with van der Waals surface area (Å²) in [6.07, 6.45) is 1.78. The standard InChI is InChI=1S/C15H20N4O2/c1-4-7-13-17-14(21-18-13)10-16-12-9-6-5-8-11(12)15(20)19(2)3/h5-6,8-9,16H,4,7,10H2,1-3H3. The lowest BCUT2D eigenvalue weighted by molar-refractivity contribution is 0.0828. The van der Waals surface area contributed by atoms with E-state index in [1.54, 1.807) is 25.1 Å². The molecule has 1 heterocycles. The van der Waals surface area contributed by atoms with Crippen molar-refractivity contribution in [1.29, 1.82) is 0 Å². The third kappa shape index (κ3) is 3.81. The van der Waals surface area contributed by atoms with Crippen LogP contribution in [0.4, 0.5) is 5.69 Å². The first kappa shape index (κ1) is 15.0. The molecule has 2 rings (SSSR count). The Balaban J connectivity index is 2.07. The Labute approximate surface area is 124 Å². The minimum absolute atomic E-state index is 0.0460. The molecule has 0 unspecified atom stereocenters. The van der Waals surface area contributed by atoms with Crippen LogP contribution in [0.5, 0.6) is 0 Å². The van der Waals surface area contributed by atoms with Gasteiger partial charge >= 0.3 is 0 Å². The highest BCUT2D eigenvalue weighted by atomic mass is 16.5. The maximum Gasteiger partial charge on any atom is 0.255 e. The van der Waals surface area contributed by atoms with Crippen molar-refractivity contribution in [3.8, 4) is 0 Å². The van der Waals surface area contributed by atoms with Crippen LogP contribution >= 0.6 is 0 Å². The molecule has 0 saturated carbocycles. The summed E-state index contributed by atoms with van der Waals surface area (Å²) in [5, 5.41) is 7.08. The van der Waals surface area contributed by atoms with Crippen LogP contribution in [0.3, 0.4) is 0 Å². The molecule has 1 aromatic heterocycles. The zero-order chi connectivity index (χ0) is 15.2. The fourth-order valence-electron chi connectivity index (χ4n) is 1.92. The SMILES string of the molecule is CCCc1noc(CNc2ccccc2C(=O)N(C)C)n1. The molecule has 0 atom stereocenters. The van der Waals surface area contributed by atoms with Crippen LogP contribution in [0.2, 0.25) is 0 Å². The number of para-hydroxylation sites is 1. The maximum absolute atomic E-state index is 12.1. The van der Waals surface area contributed by atoms with E-state index < -0.39 is 0 Å². The second kappa shape index (κ2) is 6.88. The number of amides is 1. The van der Waals surface area contributed by atoms with Gasteiger partial charge in [0.25, 0.3) is 5.91 Å². The molecule has 0 saturated heterocycles. The van der Waals surface area contributed by atoms with Crippen molar-refractivity contribution in [1.82, 2.24) is 15.0 Å². The first-order chi connectivity index (χ1) is 10.1. The normalized spacial score (nSPS) is 10.4. The molecule has 0 fully saturated rings. The van der Waals surface area contributed by atoms with Crippen molar-refractivity contribution in [2.75, 3.05) is 19.4 Å². The summed E-state index contributed by atoms with van der Waals surface area (Å²) in [4.78, 5) is 17.9. The van der Waals surface area contributed by atoms with Gasteiger partial charge in [-0.1, -0.05) is 24.2 Å². The molecule has 1 amide bonds. The van der Waals surface area contributed by atoms with Crippen molar-refractivity contribution >= 4 is 11.6 Å². The van der Waals surface area contributed by atoms with Gasteiger partial charge in [0.05, 0.1) is 12.1 Å². The highest BCUT2D eigenvalue weighted by molar-refractivity contribution is 5.99. The first-order valence-electron chi connectivity index (χ1n) is 6.97. The molecule has 21 heavy (non-hydrogen) atoms. The van der Waals surface area contributed by atoms with Gasteiger partial charge in [0, 0.05) is 26.2 Å². The smallest absolute Gasteiger partial charge is 0.255 e. The number of rotatable bonds is 6. The molecule has 1 N–H and O–H groups in total. The van der Waals surface area contributed by atoms with Crippen molar-refractivity contribution in [2.45, 2.75) is 26.3 Å². The number of aromatic nitrogens is 2. The molecule has 6 heteroatoms. The lowest BCUT2D eigenvalue weighted by Crippen LogP contribution is -2.22. The van der Waals surface area contributed by atoms with E-state index in [1.165, 1.54) is 0 Å². The molecule has 0 spiro atoms. The van der Waals surface area contributed by atoms with Crippen LogP contribution in [-0.2, 0) is 13.0 Å². The van der Waals surface area contributed by atoms with Crippen LogP contribution in [0.25, 0.3) is 0 Å². The number of nitrogens with one attached hydrogen (secondary N) is 1. The lowest BCUT2D eigenvalue weighted by Gasteiger charge is -2.14. The summed E-state index contributed by atoms with van der Waals surface area (Å²) in [5.41, 5.74) is 1.38. The van der Waals surface area contributed by atoms with E-state index in [9.17, 15) is 4.79 Å².